The number of carbonyl (C=O) groups excluding carboxylic acids is 1. The van der Waals surface area contributed by atoms with Crippen molar-refractivity contribution in [3.05, 3.63) is 40.6 Å². The Labute approximate surface area is 142 Å². The summed E-state index contributed by atoms with van der Waals surface area (Å²) in [4.78, 5) is 14.8. The summed E-state index contributed by atoms with van der Waals surface area (Å²) in [7, 11) is 3.76. The van der Waals surface area contributed by atoms with Crippen LogP contribution in [0, 0.1) is 26.7 Å². The molecule has 6 nitrogen and oxygen atoms in total. The second-order valence-corrected chi connectivity index (χ2v) is 6.59. The van der Waals surface area contributed by atoms with Gasteiger partial charge in [0.05, 0.1) is 24.0 Å². The molecule has 1 aliphatic heterocycles. The van der Waals surface area contributed by atoms with E-state index in [0.29, 0.717) is 13.2 Å². The van der Waals surface area contributed by atoms with Crippen LogP contribution in [0.3, 0.4) is 0 Å². The van der Waals surface area contributed by atoms with E-state index in [2.05, 4.69) is 5.10 Å². The fourth-order valence-electron chi connectivity index (χ4n) is 3.52. The average Bonchev–Trinajstić information content (AvgIpc) is 3.21. The molecule has 0 aromatic carbocycles. The molecule has 2 aromatic rings. The number of nitrogens with zero attached hydrogens (tertiary/aromatic N) is 3. The molecule has 0 saturated carbocycles. The maximum atomic E-state index is 13.0. The smallest absolute Gasteiger partial charge is 0.228 e. The van der Waals surface area contributed by atoms with Crippen molar-refractivity contribution in [2.75, 3.05) is 13.7 Å². The van der Waals surface area contributed by atoms with E-state index in [1.54, 1.807) is 11.2 Å². The van der Waals surface area contributed by atoms with Crippen LogP contribution >= 0.6 is 0 Å². The second-order valence-electron chi connectivity index (χ2n) is 6.59. The van der Waals surface area contributed by atoms with Gasteiger partial charge in [-0.3, -0.25) is 9.48 Å². The summed E-state index contributed by atoms with van der Waals surface area (Å²) in [6.07, 6.45) is 2.19. The van der Waals surface area contributed by atoms with Gasteiger partial charge < -0.3 is 14.1 Å². The molecule has 130 valence electrons. The number of aryl methyl sites for hydroxylation is 3. The first kappa shape index (κ1) is 16.8. The average molecular weight is 331 g/mol. The van der Waals surface area contributed by atoms with E-state index in [4.69, 9.17) is 9.15 Å². The number of amides is 1. The van der Waals surface area contributed by atoms with E-state index >= 15 is 0 Å². The van der Waals surface area contributed by atoms with Crippen LogP contribution in [0.4, 0.5) is 0 Å². The molecule has 1 fully saturated rings. The van der Waals surface area contributed by atoms with Gasteiger partial charge in [-0.2, -0.15) is 5.10 Å². The maximum absolute atomic E-state index is 13.0. The largest absolute Gasteiger partial charge is 0.469 e. The third kappa shape index (κ3) is 2.86. The SMILES string of the molecule is Cc1nn(C)c(C)c1[C@H]1OCC[C@@H]1C(=O)N(C)Cc1ccoc1C. The monoisotopic (exact) mass is 331 g/mol. The molecule has 0 unspecified atom stereocenters. The highest BCUT2D eigenvalue weighted by Crippen LogP contribution is 2.38. The Morgan fingerprint density at radius 2 is 2.17 bits per heavy atom. The minimum atomic E-state index is -0.209. The van der Waals surface area contributed by atoms with Crippen molar-refractivity contribution in [3.8, 4) is 0 Å². The molecule has 3 heterocycles. The van der Waals surface area contributed by atoms with E-state index in [0.717, 1.165) is 34.7 Å². The highest BCUT2D eigenvalue weighted by atomic mass is 16.5. The normalized spacial score (nSPS) is 20.5. The number of furan rings is 1. The fourth-order valence-corrected chi connectivity index (χ4v) is 3.52. The van der Waals surface area contributed by atoms with Gasteiger partial charge in [0.25, 0.3) is 0 Å². The predicted molar refractivity (Wildman–Crippen MR) is 89.4 cm³/mol. The van der Waals surface area contributed by atoms with Gasteiger partial charge in [-0.1, -0.05) is 0 Å². The molecule has 2 aromatic heterocycles. The van der Waals surface area contributed by atoms with Gasteiger partial charge in [0.15, 0.2) is 0 Å². The number of rotatable bonds is 4. The molecule has 6 heteroatoms. The zero-order valence-electron chi connectivity index (χ0n) is 15.0. The topological polar surface area (TPSA) is 60.5 Å². The van der Waals surface area contributed by atoms with Crippen molar-refractivity contribution < 1.29 is 13.9 Å². The number of ether oxygens (including phenoxy) is 1. The zero-order valence-corrected chi connectivity index (χ0v) is 15.0. The highest BCUT2D eigenvalue weighted by molar-refractivity contribution is 5.79. The molecular formula is C18H25N3O3. The molecule has 1 aliphatic rings. The first-order chi connectivity index (χ1) is 11.4. The van der Waals surface area contributed by atoms with E-state index in [-0.39, 0.29) is 17.9 Å². The van der Waals surface area contributed by atoms with Crippen LogP contribution in [0.25, 0.3) is 0 Å². The van der Waals surface area contributed by atoms with Crippen LogP contribution in [0.15, 0.2) is 16.7 Å². The van der Waals surface area contributed by atoms with Gasteiger partial charge >= 0.3 is 0 Å². The van der Waals surface area contributed by atoms with Gasteiger partial charge in [-0.05, 0) is 33.3 Å². The van der Waals surface area contributed by atoms with Gasteiger partial charge in [-0.15, -0.1) is 0 Å². The fraction of sp³-hybridized carbons (Fsp3) is 0.556. The van der Waals surface area contributed by atoms with Gasteiger partial charge in [0.1, 0.15) is 5.76 Å². The maximum Gasteiger partial charge on any atom is 0.228 e. The molecule has 3 rings (SSSR count). The molecule has 2 atom stereocenters. The Bertz CT molecular complexity index is 747. The van der Waals surface area contributed by atoms with E-state index in [1.165, 1.54) is 0 Å². The van der Waals surface area contributed by atoms with Crippen LogP contribution in [0.2, 0.25) is 0 Å². The summed E-state index contributed by atoms with van der Waals surface area (Å²) in [6, 6.07) is 1.91. The van der Waals surface area contributed by atoms with Crippen LogP contribution in [0.1, 0.15) is 40.8 Å². The van der Waals surface area contributed by atoms with Gasteiger partial charge in [0.2, 0.25) is 5.91 Å². The third-order valence-corrected chi connectivity index (χ3v) is 5.01. The quantitative estimate of drug-likeness (QED) is 0.864. The molecule has 0 spiro atoms. The lowest BCUT2D eigenvalue weighted by molar-refractivity contribution is -0.136. The number of aromatic nitrogens is 2. The van der Waals surface area contributed by atoms with Crippen molar-refractivity contribution in [1.29, 1.82) is 0 Å². The van der Waals surface area contributed by atoms with E-state index < -0.39 is 0 Å². The zero-order chi connectivity index (χ0) is 17.4. The lowest BCUT2D eigenvalue weighted by atomic mass is 9.92. The van der Waals surface area contributed by atoms with Crippen molar-refractivity contribution in [3.63, 3.8) is 0 Å². The van der Waals surface area contributed by atoms with Crippen LogP contribution in [-0.4, -0.2) is 34.2 Å². The van der Waals surface area contributed by atoms with Crippen molar-refractivity contribution >= 4 is 5.91 Å². The Hall–Kier alpha value is -2.08. The summed E-state index contributed by atoms with van der Waals surface area (Å²) in [6.45, 7) is 7.07. The van der Waals surface area contributed by atoms with Crippen LogP contribution in [0.5, 0.6) is 0 Å². The lowest BCUT2D eigenvalue weighted by Crippen LogP contribution is -2.34. The Morgan fingerprint density at radius 3 is 2.75 bits per heavy atom. The van der Waals surface area contributed by atoms with Gasteiger partial charge in [0, 0.05) is 44.1 Å². The summed E-state index contributed by atoms with van der Waals surface area (Å²) in [5.41, 5.74) is 4.09. The Morgan fingerprint density at radius 1 is 1.42 bits per heavy atom. The molecule has 24 heavy (non-hydrogen) atoms. The van der Waals surface area contributed by atoms with Crippen molar-refractivity contribution in [2.24, 2.45) is 13.0 Å². The standard InChI is InChI=1S/C18H25N3O3/c1-11-16(12(2)21(5)19-11)17-15(7-9-24-17)18(22)20(4)10-14-6-8-23-13(14)3/h6,8,15,17H,7,9-10H2,1-5H3/t15-,17-/m0/s1. The van der Waals surface area contributed by atoms with Crippen LogP contribution < -0.4 is 0 Å². The summed E-state index contributed by atoms with van der Waals surface area (Å²) in [5.74, 6) is 0.803. The molecule has 0 bridgehead atoms. The molecule has 0 aliphatic carbocycles. The Kier molecular flexibility index (Phi) is 4.49. The molecule has 1 amide bonds. The third-order valence-electron chi connectivity index (χ3n) is 5.01. The molecular weight excluding hydrogens is 306 g/mol. The second kappa shape index (κ2) is 6.43. The Balaban J connectivity index is 1.79. The molecule has 1 saturated heterocycles. The first-order valence-electron chi connectivity index (χ1n) is 8.29. The molecule has 0 radical (unpaired) electrons. The van der Waals surface area contributed by atoms with Crippen LogP contribution in [-0.2, 0) is 23.1 Å². The predicted octanol–water partition coefficient (Wildman–Crippen LogP) is 2.67. The van der Waals surface area contributed by atoms with Crippen molar-refractivity contribution in [2.45, 2.75) is 39.8 Å². The number of hydrogen-bond donors (Lipinski definition) is 0. The minimum absolute atomic E-state index is 0.112. The first-order valence-corrected chi connectivity index (χ1v) is 8.29. The van der Waals surface area contributed by atoms with Gasteiger partial charge in [-0.25, -0.2) is 0 Å². The number of hydrogen-bond acceptors (Lipinski definition) is 4. The van der Waals surface area contributed by atoms with Crippen molar-refractivity contribution in [1.82, 2.24) is 14.7 Å². The lowest BCUT2D eigenvalue weighted by Gasteiger charge is -2.24. The molecule has 0 N–H and O–H groups in total. The van der Waals surface area contributed by atoms with E-state index in [9.17, 15) is 4.79 Å². The summed E-state index contributed by atoms with van der Waals surface area (Å²) >= 11 is 0. The summed E-state index contributed by atoms with van der Waals surface area (Å²) in [5, 5.41) is 4.47. The minimum Gasteiger partial charge on any atom is -0.469 e. The summed E-state index contributed by atoms with van der Waals surface area (Å²) < 4.78 is 13.1. The highest BCUT2D eigenvalue weighted by Gasteiger charge is 2.39. The van der Waals surface area contributed by atoms with E-state index in [1.807, 2.05) is 45.6 Å². The number of carbonyl (C=O) groups is 1.